The molecular weight excluding hydrogens is 286 g/mol. The van der Waals surface area contributed by atoms with E-state index in [0.717, 1.165) is 16.7 Å². The van der Waals surface area contributed by atoms with Gasteiger partial charge in [0.2, 0.25) is 0 Å². The molecule has 5 nitrogen and oxygen atoms in total. The second kappa shape index (κ2) is 5.18. The van der Waals surface area contributed by atoms with Crippen molar-refractivity contribution in [3.05, 3.63) is 40.5 Å². The zero-order valence-electron chi connectivity index (χ0n) is 9.31. The number of halogens is 1. The van der Waals surface area contributed by atoms with Crippen LogP contribution in [0.2, 0.25) is 0 Å². The Labute approximate surface area is 107 Å². The van der Waals surface area contributed by atoms with Gasteiger partial charge in [0.05, 0.1) is 23.0 Å². The monoisotopic (exact) mass is 297 g/mol. The van der Waals surface area contributed by atoms with Gasteiger partial charge >= 0.3 is 0 Å². The number of carbonyl (C=O) groups excluding carboxylic acids is 1. The standard InChI is InChI=1S/C11H12BrN3O2/c1-2-15-7-8(12)9(14-15)6-13-11(16)10-4-3-5-17-10/h3-5,7H,2,6H2,1H3,(H,13,16). The van der Waals surface area contributed by atoms with Gasteiger partial charge < -0.3 is 9.73 Å². The van der Waals surface area contributed by atoms with Crippen molar-refractivity contribution in [1.82, 2.24) is 15.1 Å². The molecule has 0 fully saturated rings. The van der Waals surface area contributed by atoms with Gasteiger partial charge in [0, 0.05) is 12.7 Å². The number of nitrogens with zero attached hydrogens (tertiary/aromatic N) is 2. The van der Waals surface area contributed by atoms with Gasteiger partial charge in [0.25, 0.3) is 5.91 Å². The fourth-order valence-electron chi connectivity index (χ4n) is 1.38. The lowest BCUT2D eigenvalue weighted by atomic mass is 10.4. The number of nitrogens with one attached hydrogen (secondary N) is 1. The number of aryl methyl sites for hydroxylation is 1. The van der Waals surface area contributed by atoms with Gasteiger partial charge in [-0.2, -0.15) is 5.10 Å². The summed E-state index contributed by atoms with van der Waals surface area (Å²) in [5.41, 5.74) is 0.798. The van der Waals surface area contributed by atoms with Crippen molar-refractivity contribution in [2.45, 2.75) is 20.0 Å². The highest BCUT2D eigenvalue weighted by Gasteiger charge is 2.10. The van der Waals surface area contributed by atoms with Crippen LogP contribution in [0.15, 0.2) is 33.5 Å². The number of aromatic nitrogens is 2. The molecule has 1 N–H and O–H groups in total. The van der Waals surface area contributed by atoms with E-state index in [4.69, 9.17) is 4.42 Å². The van der Waals surface area contributed by atoms with Crippen LogP contribution in [-0.4, -0.2) is 15.7 Å². The lowest BCUT2D eigenvalue weighted by Gasteiger charge is -2.00. The minimum atomic E-state index is -0.243. The van der Waals surface area contributed by atoms with Crippen LogP contribution in [0.5, 0.6) is 0 Å². The molecule has 2 heterocycles. The maximum atomic E-state index is 11.6. The van der Waals surface area contributed by atoms with Gasteiger partial charge in [-0.3, -0.25) is 9.48 Å². The summed E-state index contributed by atoms with van der Waals surface area (Å²) in [6.07, 6.45) is 3.35. The minimum Gasteiger partial charge on any atom is -0.459 e. The highest BCUT2D eigenvalue weighted by molar-refractivity contribution is 9.10. The molecule has 17 heavy (non-hydrogen) atoms. The van der Waals surface area contributed by atoms with E-state index in [2.05, 4.69) is 26.3 Å². The normalized spacial score (nSPS) is 10.5. The third kappa shape index (κ3) is 2.76. The maximum Gasteiger partial charge on any atom is 0.287 e. The Morgan fingerprint density at radius 2 is 2.47 bits per heavy atom. The van der Waals surface area contributed by atoms with Crippen molar-refractivity contribution in [3.8, 4) is 0 Å². The summed E-state index contributed by atoms with van der Waals surface area (Å²) in [6, 6.07) is 3.30. The molecule has 0 spiro atoms. The molecule has 2 aromatic rings. The molecular formula is C11H12BrN3O2. The maximum absolute atomic E-state index is 11.6. The Morgan fingerprint density at radius 3 is 3.06 bits per heavy atom. The van der Waals surface area contributed by atoms with Gasteiger partial charge in [-0.15, -0.1) is 0 Å². The lowest BCUT2D eigenvalue weighted by Crippen LogP contribution is -2.22. The lowest BCUT2D eigenvalue weighted by molar-refractivity contribution is 0.0922. The summed E-state index contributed by atoms with van der Waals surface area (Å²) in [7, 11) is 0. The second-order valence-corrected chi connectivity index (χ2v) is 4.29. The summed E-state index contributed by atoms with van der Waals surface area (Å²) >= 11 is 3.40. The van der Waals surface area contributed by atoms with Crippen LogP contribution in [0.1, 0.15) is 23.2 Å². The van der Waals surface area contributed by atoms with E-state index < -0.39 is 0 Å². The minimum absolute atomic E-state index is 0.243. The SMILES string of the molecule is CCn1cc(Br)c(CNC(=O)c2ccco2)n1. The number of furan rings is 1. The topological polar surface area (TPSA) is 60.1 Å². The van der Waals surface area contributed by atoms with E-state index in [0.29, 0.717) is 12.3 Å². The third-order valence-corrected chi connectivity index (χ3v) is 2.94. The molecule has 0 saturated carbocycles. The Kier molecular flexibility index (Phi) is 3.63. The molecule has 0 atom stereocenters. The van der Waals surface area contributed by atoms with Crippen LogP contribution in [0.25, 0.3) is 0 Å². The van der Waals surface area contributed by atoms with Crippen LogP contribution in [-0.2, 0) is 13.1 Å². The van der Waals surface area contributed by atoms with Crippen molar-refractivity contribution in [1.29, 1.82) is 0 Å². The van der Waals surface area contributed by atoms with E-state index >= 15 is 0 Å². The average Bonchev–Trinajstić information content (AvgIpc) is 2.95. The highest BCUT2D eigenvalue weighted by Crippen LogP contribution is 2.14. The van der Waals surface area contributed by atoms with E-state index in [9.17, 15) is 4.79 Å². The van der Waals surface area contributed by atoms with Gasteiger partial charge in [0.1, 0.15) is 0 Å². The van der Waals surface area contributed by atoms with Crippen molar-refractivity contribution in [3.63, 3.8) is 0 Å². The molecule has 6 heteroatoms. The van der Waals surface area contributed by atoms with Gasteiger partial charge in [-0.05, 0) is 35.0 Å². The molecule has 0 aromatic carbocycles. The Balaban J connectivity index is 1.98. The number of amides is 1. The molecule has 0 unspecified atom stereocenters. The largest absolute Gasteiger partial charge is 0.459 e. The molecule has 0 bridgehead atoms. The molecule has 2 rings (SSSR count). The van der Waals surface area contributed by atoms with E-state index in [-0.39, 0.29) is 5.91 Å². The second-order valence-electron chi connectivity index (χ2n) is 3.44. The smallest absolute Gasteiger partial charge is 0.287 e. The first-order valence-electron chi connectivity index (χ1n) is 5.24. The predicted molar refractivity (Wildman–Crippen MR) is 65.5 cm³/mol. The molecule has 90 valence electrons. The van der Waals surface area contributed by atoms with Crippen molar-refractivity contribution in [2.24, 2.45) is 0 Å². The number of hydrogen-bond donors (Lipinski definition) is 1. The van der Waals surface area contributed by atoms with Crippen molar-refractivity contribution >= 4 is 21.8 Å². The predicted octanol–water partition coefficient (Wildman–Crippen LogP) is 2.19. The fourth-order valence-corrected chi connectivity index (χ4v) is 1.83. The summed E-state index contributed by atoms with van der Waals surface area (Å²) in [5.74, 6) is 0.0593. The van der Waals surface area contributed by atoms with Crippen molar-refractivity contribution < 1.29 is 9.21 Å². The first kappa shape index (κ1) is 11.9. The van der Waals surface area contributed by atoms with Gasteiger partial charge in [-0.25, -0.2) is 0 Å². The zero-order valence-corrected chi connectivity index (χ0v) is 10.9. The summed E-state index contributed by atoms with van der Waals surface area (Å²) in [5, 5.41) is 7.05. The molecule has 1 amide bonds. The Morgan fingerprint density at radius 1 is 1.65 bits per heavy atom. The quantitative estimate of drug-likeness (QED) is 0.941. The molecule has 2 aromatic heterocycles. The summed E-state index contributed by atoms with van der Waals surface area (Å²) in [4.78, 5) is 11.6. The van der Waals surface area contributed by atoms with E-state index in [1.54, 1.807) is 16.8 Å². The number of hydrogen-bond acceptors (Lipinski definition) is 3. The van der Waals surface area contributed by atoms with Crippen molar-refractivity contribution in [2.75, 3.05) is 0 Å². The number of carbonyl (C=O) groups is 1. The average molecular weight is 298 g/mol. The van der Waals surface area contributed by atoms with E-state index in [1.807, 2.05) is 13.1 Å². The number of rotatable bonds is 4. The zero-order chi connectivity index (χ0) is 12.3. The third-order valence-electron chi connectivity index (χ3n) is 2.27. The van der Waals surface area contributed by atoms with Crippen LogP contribution in [0.4, 0.5) is 0 Å². The summed E-state index contributed by atoms with van der Waals surface area (Å²) < 4.78 is 7.68. The highest BCUT2D eigenvalue weighted by atomic mass is 79.9. The fraction of sp³-hybridized carbons (Fsp3) is 0.273. The van der Waals surface area contributed by atoms with Gasteiger partial charge in [-0.1, -0.05) is 0 Å². The van der Waals surface area contributed by atoms with E-state index in [1.165, 1.54) is 6.26 Å². The Hall–Kier alpha value is -1.56. The first-order valence-corrected chi connectivity index (χ1v) is 6.03. The molecule has 0 aliphatic carbocycles. The van der Waals surface area contributed by atoms with Crippen LogP contribution in [0.3, 0.4) is 0 Å². The van der Waals surface area contributed by atoms with Crippen LogP contribution < -0.4 is 5.32 Å². The summed E-state index contributed by atoms with van der Waals surface area (Å²) in [6.45, 7) is 3.17. The van der Waals surface area contributed by atoms with Gasteiger partial charge in [0.15, 0.2) is 5.76 Å². The molecule has 0 radical (unpaired) electrons. The molecule has 0 aliphatic heterocycles. The van der Waals surface area contributed by atoms with Crippen LogP contribution >= 0.6 is 15.9 Å². The molecule has 0 saturated heterocycles. The Bertz CT molecular complexity index is 505. The van der Waals surface area contributed by atoms with Crippen LogP contribution in [0, 0.1) is 0 Å². The molecule has 0 aliphatic rings. The first-order chi connectivity index (χ1) is 8.20.